The Labute approximate surface area is 81.1 Å². The lowest BCUT2D eigenvalue weighted by Gasteiger charge is -2.05. The van der Waals surface area contributed by atoms with Gasteiger partial charge in [-0.2, -0.15) is 5.10 Å². The van der Waals surface area contributed by atoms with E-state index in [1.807, 2.05) is 0 Å². The Morgan fingerprint density at radius 2 is 2.21 bits per heavy atom. The van der Waals surface area contributed by atoms with Gasteiger partial charge in [0.05, 0.1) is 11.4 Å². The van der Waals surface area contributed by atoms with Crippen molar-refractivity contribution >= 4 is 0 Å². The molecule has 0 radical (unpaired) electrons. The zero-order chi connectivity index (χ0) is 9.97. The lowest BCUT2D eigenvalue weighted by Crippen LogP contribution is -2.03. The fourth-order valence-corrected chi connectivity index (χ4v) is 1.19. The monoisotopic (exact) mass is 190 g/mol. The molecule has 0 saturated heterocycles. The van der Waals surface area contributed by atoms with Gasteiger partial charge in [0.2, 0.25) is 0 Å². The molecule has 0 amide bonds. The van der Waals surface area contributed by atoms with E-state index in [-0.39, 0.29) is 0 Å². The number of aryl methyl sites for hydroxylation is 1. The summed E-state index contributed by atoms with van der Waals surface area (Å²) in [5.41, 5.74) is 1.14. The van der Waals surface area contributed by atoms with Crippen LogP contribution >= 0.6 is 0 Å². The van der Waals surface area contributed by atoms with Crippen molar-refractivity contribution in [2.75, 3.05) is 0 Å². The summed E-state index contributed by atoms with van der Waals surface area (Å²) < 4.78 is 1.64. The average Bonchev–Trinajstić information content (AvgIpc) is 2.65. The molecule has 0 aromatic carbocycles. The van der Waals surface area contributed by atoms with E-state index in [0.29, 0.717) is 11.4 Å². The summed E-state index contributed by atoms with van der Waals surface area (Å²) >= 11 is 0. The number of aliphatic hydroxyl groups excluding tert-OH is 1. The molecule has 14 heavy (non-hydrogen) atoms. The molecule has 72 valence electrons. The largest absolute Gasteiger partial charge is 0.380 e. The first kappa shape index (κ1) is 8.83. The van der Waals surface area contributed by atoms with Crippen LogP contribution in [0, 0.1) is 0 Å². The molecule has 0 bridgehead atoms. The van der Waals surface area contributed by atoms with Crippen LogP contribution in [0.15, 0.2) is 30.9 Å². The Kier molecular flexibility index (Phi) is 2.24. The minimum Gasteiger partial charge on any atom is -0.380 e. The zero-order valence-electron chi connectivity index (χ0n) is 7.70. The number of hydrogen-bond donors (Lipinski definition) is 1. The van der Waals surface area contributed by atoms with Crippen LogP contribution in [-0.4, -0.2) is 24.9 Å². The van der Waals surface area contributed by atoms with Crippen LogP contribution < -0.4 is 0 Å². The molecule has 5 nitrogen and oxygen atoms in total. The van der Waals surface area contributed by atoms with Crippen molar-refractivity contribution in [1.82, 2.24) is 19.7 Å². The Hall–Kier alpha value is -1.75. The molecule has 5 heteroatoms. The number of nitrogens with zero attached hydrogens (tertiary/aromatic N) is 4. The third-order valence-corrected chi connectivity index (χ3v) is 1.90. The third-order valence-electron chi connectivity index (χ3n) is 1.90. The van der Waals surface area contributed by atoms with Gasteiger partial charge in [-0.1, -0.05) is 0 Å². The van der Waals surface area contributed by atoms with Gasteiger partial charge in [-0.25, -0.2) is 9.97 Å². The fourth-order valence-electron chi connectivity index (χ4n) is 1.19. The summed E-state index contributed by atoms with van der Waals surface area (Å²) in [4.78, 5) is 7.73. The molecule has 0 aliphatic heterocycles. The van der Waals surface area contributed by atoms with Crippen molar-refractivity contribution in [1.29, 1.82) is 0 Å². The molecular weight excluding hydrogens is 180 g/mol. The van der Waals surface area contributed by atoms with Crippen LogP contribution in [0.4, 0.5) is 0 Å². The molecule has 2 rings (SSSR count). The molecule has 2 aromatic rings. The van der Waals surface area contributed by atoms with Crippen LogP contribution in [0.25, 0.3) is 0 Å². The molecule has 1 unspecified atom stereocenters. The van der Waals surface area contributed by atoms with Gasteiger partial charge < -0.3 is 5.11 Å². The summed E-state index contributed by atoms with van der Waals surface area (Å²) in [7, 11) is 1.80. The van der Waals surface area contributed by atoms with E-state index in [1.165, 1.54) is 6.33 Å². The molecule has 2 heterocycles. The Morgan fingerprint density at radius 1 is 1.36 bits per heavy atom. The molecule has 0 aliphatic carbocycles. The number of rotatable bonds is 2. The average molecular weight is 190 g/mol. The highest BCUT2D eigenvalue weighted by Gasteiger charge is 2.13. The Balaban J connectivity index is 2.29. The van der Waals surface area contributed by atoms with Crippen molar-refractivity contribution < 1.29 is 5.11 Å². The molecule has 1 atom stereocenters. The SMILES string of the molecule is Cn1ccc(C(O)c2ccncn2)n1. The Morgan fingerprint density at radius 3 is 2.79 bits per heavy atom. The molecular formula is C9H10N4O. The van der Waals surface area contributed by atoms with E-state index in [9.17, 15) is 5.11 Å². The molecule has 0 saturated carbocycles. The van der Waals surface area contributed by atoms with E-state index in [2.05, 4.69) is 15.1 Å². The number of aromatic nitrogens is 4. The Bertz CT molecular complexity index is 412. The second-order valence-corrected chi connectivity index (χ2v) is 2.95. The van der Waals surface area contributed by atoms with Crippen molar-refractivity contribution in [3.05, 3.63) is 42.2 Å². The van der Waals surface area contributed by atoms with Crippen LogP contribution in [0.1, 0.15) is 17.5 Å². The molecule has 0 spiro atoms. The maximum atomic E-state index is 9.84. The van der Waals surface area contributed by atoms with Gasteiger partial charge in [-0.05, 0) is 12.1 Å². The van der Waals surface area contributed by atoms with Crippen LogP contribution in [-0.2, 0) is 7.05 Å². The summed E-state index contributed by atoms with van der Waals surface area (Å²) in [6.07, 6.45) is 4.00. The van der Waals surface area contributed by atoms with Crippen molar-refractivity contribution in [2.24, 2.45) is 7.05 Å². The van der Waals surface area contributed by atoms with E-state index >= 15 is 0 Å². The van der Waals surface area contributed by atoms with E-state index in [4.69, 9.17) is 0 Å². The second kappa shape index (κ2) is 3.55. The molecule has 2 aromatic heterocycles. The minimum absolute atomic E-state index is 0.554. The normalized spacial score (nSPS) is 12.7. The summed E-state index contributed by atoms with van der Waals surface area (Å²) in [5.74, 6) is 0. The van der Waals surface area contributed by atoms with Crippen molar-refractivity contribution in [3.63, 3.8) is 0 Å². The van der Waals surface area contributed by atoms with Gasteiger partial charge in [0.25, 0.3) is 0 Å². The predicted octanol–water partition coefficient (Wildman–Crippen LogP) is 0.292. The van der Waals surface area contributed by atoms with Gasteiger partial charge in [0, 0.05) is 19.4 Å². The van der Waals surface area contributed by atoms with Gasteiger partial charge in [0.1, 0.15) is 12.4 Å². The second-order valence-electron chi connectivity index (χ2n) is 2.95. The first-order chi connectivity index (χ1) is 6.77. The maximum Gasteiger partial charge on any atom is 0.140 e. The third kappa shape index (κ3) is 1.62. The van der Waals surface area contributed by atoms with E-state index < -0.39 is 6.10 Å². The van der Waals surface area contributed by atoms with Gasteiger partial charge in [0.15, 0.2) is 0 Å². The number of hydrogen-bond acceptors (Lipinski definition) is 4. The maximum absolute atomic E-state index is 9.84. The fraction of sp³-hybridized carbons (Fsp3) is 0.222. The minimum atomic E-state index is -0.779. The van der Waals surface area contributed by atoms with Crippen LogP contribution in [0.3, 0.4) is 0 Å². The smallest absolute Gasteiger partial charge is 0.140 e. The molecule has 0 aliphatic rings. The van der Waals surface area contributed by atoms with E-state index in [1.54, 1.807) is 36.3 Å². The lowest BCUT2D eigenvalue weighted by atomic mass is 10.2. The van der Waals surface area contributed by atoms with Crippen LogP contribution in [0.2, 0.25) is 0 Å². The standard InChI is InChI=1S/C9H10N4O/c1-13-5-3-8(12-13)9(14)7-2-4-10-6-11-7/h2-6,9,14H,1H3. The van der Waals surface area contributed by atoms with Gasteiger partial charge in [-0.3, -0.25) is 4.68 Å². The zero-order valence-corrected chi connectivity index (χ0v) is 7.70. The number of aliphatic hydroxyl groups is 1. The highest BCUT2D eigenvalue weighted by Crippen LogP contribution is 2.16. The summed E-state index contributed by atoms with van der Waals surface area (Å²) in [6, 6.07) is 3.42. The summed E-state index contributed by atoms with van der Waals surface area (Å²) in [5, 5.41) is 13.9. The first-order valence-electron chi connectivity index (χ1n) is 4.21. The summed E-state index contributed by atoms with van der Waals surface area (Å²) in [6.45, 7) is 0. The molecule has 1 N–H and O–H groups in total. The predicted molar refractivity (Wildman–Crippen MR) is 49.3 cm³/mol. The van der Waals surface area contributed by atoms with E-state index in [0.717, 1.165) is 0 Å². The van der Waals surface area contributed by atoms with Gasteiger partial charge >= 0.3 is 0 Å². The quantitative estimate of drug-likeness (QED) is 0.739. The van der Waals surface area contributed by atoms with Crippen molar-refractivity contribution in [3.8, 4) is 0 Å². The van der Waals surface area contributed by atoms with Crippen LogP contribution in [0.5, 0.6) is 0 Å². The highest BCUT2D eigenvalue weighted by atomic mass is 16.3. The topological polar surface area (TPSA) is 63.8 Å². The lowest BCUT2D eigenvalue weighted by molar-refractivity contribution is 0.209. The molecule has 0 fully saturated rings. The first-order valence-corrected chi connectivity index (χ1v) is 4.21. The van der Waals surface area contributed by atoms with Gasteiger partial charge in [-0.15, -0.1) is 0 Å². The van der Waals surface area contributed by atoms with Crippen molar-refractivity contribution in [2.45, 2.75) is 6.10 Å². The highest BCUT2D eigenvalue weighted by molar-refractivity contribution is 5.16.